The minimum absolute atomic E-state index is 0.206. The first-order valence-corrected chi connectivity index (χ1v) is 5.10. The first-order valence-electron chi connectivity index (χ1n) is 5.10. The Morgan fingerprint density at radius 2 is 2.64 bits per heavy atom. The molecular weight excluding hydrogens is 180 g/mol. The van der Waals surface area contributed by atoms with Crippen molar-refractivity contribution < 1.29 is 4.74 Å². The number of nitrogens with one attached hydrogen (secondary N) is 1. The van der Waals surface area contributed by atoms with Gasteiger partial charge in [-0.3, -0.25) is 0 Å². The first-order chi connectivity index (χ1) is 6.92. The lowest BCUT2D eigenvalue weighted by atomic mass is 10.2. The van der Waals surface area contributed by atoms with Crippen molar-refractivity contribution in [1.29, 1.82) is 0 Å². The summed E-state index contributed by atoms with van der Waals surface area (Å²) in [5, 5.41) is 11.4. The Hall–Kier alpha value is -0.940. The summed E-state index contributed by atoms with van der Waals surface area (Å²) >= 11 is 0. The summed E-state index contributed by atoms with van der Waals surface area (Å²) in [5.41, 5.74) is 0. The lowest BCUT2D eigenvalue weighted by Crippen LogP contribution is -2.36. The van der Waals surface area contributed by atoms with E-state index in [1.54, 1.807) is 6.33 Å². The topological polar surface area (TPSA) is 52.0 Å². The summed E-state index contributed by atoms with van der Waals surface area (Å²) in [6.07, 6.45) is 2.88. The molecule has 1 aromatic rings. The summed E-state index contributed by atoms with van der Waals surface area (Å²) < 4.78 is 7.49. The molecule has 0 spiro atoms. The van der Waals surface area contributed by atoms with Crippen molar-refractivity contribution in [2.75, 3.05) is 19.8 Å². The largest absolute Gasteiger partial charge is 0.378 e. The SMILES string of the molecule is CCCn1cnnc1C1COCCN1. The number of nitrogens with zero attached hydrogens (tertiary/aromatic N) is 3. The molecular formula is C9H16N4O. The van der Waals surface area contributed by atoms with Gasteiger partial charge in [0.25, 0.3) is 0 Å². The minimum atomic E-state index is 0.206. The van der Waals surface area contributed by atoms with Crippen molar-refractivity contribution >= 4 is 0 Å². The van der Waals surface area contributed by atoms with E-state index in [0.29, 0.717) is 6.61 Å². The van der Waals surface area contributed by atoms with Gasteiger partial charge in [-0.2, -0.15) is 0 Å². The smallest absolute Gasteiger partial charge is 0.152 e. The van der Waals surface area contributed by atoms with Crippen molar-refractivity contribution in [3.63, 3.8) is 0 Å². The van der Waals surface area contributed by atoms with Gasteiger partial charge in [-0.15, -0.1) is 10.2 Å². The van der Waals surface area contributed by atoms with Crippen LogP contribution in [0.15, 0.2) is 6.33 Å². The van der Waals surface area contributed by atoms with Crippen LogP contribution < -0.4 is 5.32 Å². The van der Waals surface area contributed by atoms with Gasteiger partial charge in [-0.25, -0.2) is 0 Å². The molecule has 2 rings (SSSR count). The predicted molar refractivity (Wildman–Crippen MR) is 51.9 cm³/mol. The lowest BCUT2D eigenvalue weighted by molar-refractivity contribution is 0.0729. The molecule has 5 nitrogen and oxygen atoms in total. The monoisotopic (exact) mass is 196 g/mol. The quantitative estimate of drug-likeness (QED) is 0.758. The Morgan fingerprint density at radius 3 is 3.36 bits per heavy atom. The van der Waals surface area contributed by atoms with E-state index in [1.165, 1.54) is 0 Å². The fourth-order valence-electron chi connectivity index (χ4n) is 1.68. The second-order valence-corrected chi connectivity index (χ2v) is 3.46. The molecule has 0 aromatic carbocycles. The van der Waals surface area contributed by atoms with Gasteiger partial charge in [0.1, 0.15) is 6.33 Å². The molecule has 78 valence electrons. The van der Waals surface area contributed by atoms with Crippen molar-refractivity contribution in [2.24, 2.45) is 0 Å². The Balaban J connectivity index is 2.09. The highest BCUT2D eigenvalue weighted by molar-refractivity contribution is 4.96. The van der Waals surface area contributed by atoms with E-state index in [0.717, 1.165) is 31.9 Å². The zero-order valence-corrected chi connectivity index (χ0v) is 8.44. The maximum atomic E-state index is 5.40. The van der Waals surface area contributed by atoms with E-state index < -0.39 is 0 Å². The highest BCUT2D eigenvalue weighted by atomic mass is 16.5. The molecule has 1 saturated heterocycles. The van der Waals surface area contributed by atoms with E-state index in [-0.39, 0.29) is 6.04 Å². The predicted octanol–water partition coefficient (Wildman–Crippen LogP) is 0.349. The summed E-state index contributed by atoms with van der Waals surface area (Å²) in [6, 6.07) is 0.206. The third-order valence-electron chi connectivity index (χ3n) is 2.34. The van der Waals surface area contributed by atoms with Crippen LogP contribution in [-0.2, 0) is 11.3 Å². The number of aryl methyl sites for hydroxylation is 1. The number of hydrogen-bond acceptors (Lipinski definition) is 4. The number of aromatic nitrogens is 3. The van der Waals surface area contributed by atoms with Crippen LogP contribution in [0.1, 0.15) is 25.2 Å². The molecule has 14 heavy (non-hydrogen) atoms. The van der Waals surface area contributed by atoms with E-state index in [2.05, 4.69) is 27.0 Å². The van der Waals surface area contributed by atoms with Gasteiger partial charge in [0.05, 0.1) is 19.3 Å². The maximum absolute atomic E-state index is 5.40. The molecule has 5 heteroatoms. The molecule has 1 fully saturated rings. The third-order valence-corrected chi connectivity index (χ3v) is 2.34. The number of hydrogen-bond donors (Lipinski definition) is 1. The van der Waals surface area contributed by atoms with Gasteiger partial charge in [-0.1, -0.05) is 6.92 Å². The number of morpholine rings is 1. The van der Waals surface area contributed by atoms with Crippen LogP contribution in [0.5, 0.6) is 0 Å². The molecule has 1 unspecified atom stereocenters. The van der Waals surface area contributed by atoms with Gasteiger partial charge in [0.15, 0.2) is 5.82 Å². The average molecular weight is 196 g/mol. The van der Waals surface area contributed by atoms with Gasteiger partial charge >= 0.3 is 0 Å². The standard InChI is InChI=1S/C9H16N4O/c1-2-4-13-7-11-12-9(13)8-6-14-5-3-10-8/h7-8,10H,2-6H2,1H3. The van der Waals surface area contributed by atoms with Crippen LogP contribution in [0.2, 0.25) is 0 Å². The molecule has 0 amide bonds. The second kappa shape index (κ2) is 4.52. The second-order valence-electron chi connectivity index (χ2n) is 3.46. The fourth-order valence-corrected chi connectivity index (χ4v) is 1.68. The van der Waals surface area contributed by atoms with Crippen molar-refractivity contribution in [3.05, 3.63) is 12.2 Å². The Morgan fingerprint density at radius 1 is 1.71 bits per heavy atom. The summed E-state index contributed by atoms with van der Waals surface area (Å²) in [5.74, 6) is 0.992. The molecule has 1 atom stereocenters. The van der Waals surface area contributed by atoms with E-state index in [4.69, 9.17) is 4.74 Å². The highest BCUT2D eigenvalue weighted by Gasteiger charge is 2.20. The van der Waals surface area contributed by atoms with Crippen LogP contribution in [-0.4, -0.2) is 34.5 Å². The van der Waals surface area contributed by atoms with Crippen molar-refractivity contribution in [1.82, 2.24) is 20.1 Å². The van der Waals surface area contributed by atoms with Gasteiger partial charge in [0, 0.05) is 13.1 Å². The normalized spacial score (nSPS) is 22.5. The number of rotatable bonds is 3. The zero-order valence-electron chi connectivity index (χ0n) is 8.44. The van der Waals surface area contributed by atoms with E-state index in [1.807, 2.05) is 0 Å². The Bertz CT molecular complexity index is 280. The van der Waals surface area contributed by atoms with Gasteiger partial charge in [-0.05, 0) is 6.42 Å². The summed E-state index contributed by atoms with van der Waals surface area (Å²) in [7, 11) is 0. The van der Waals surface area contributed by atoms with Crippen LogP contribution in [0.3, 0.4) is 0 Å². The molecule has 1 N–H and O–H groups in total. The third kappa shape index (κ3) is 1.93. The molecule has 0 radical (unpaired) electrons. The van der Waals surface area contributed by atoms with Crippen molar-refractivity contribution in [2.45, 2.75) is 25.9 Å². The first kappa shape index (κ1) is 9.61. The maximum Gasteiger partial charge on any atom is 0.152 e. The molecule has 1 aliphatic heterocycles. The summed E-state index contributed by atoms with van der Waals surface area (Å²) in [6.45, 7) is 5.50. The van der Waals surface area contributed by atoms with Crippen LogP contribution in [0.4, 0.5) is 0 Å². The van der Waals surface area contributed by atoms with Crippen molar-refractivity contribution in [3.8, 4) is 0 Å². The lowest BCUT2D eigenvalue weighted by Gasteiger charge is -2.23. The highest BCUT2D eigenvalue weighted by Crippen LogP contribution is 2.12. The summed E-state index contributed by atoms with van der Waals surface area (Å²) in [4.78, 5) is 0. The molecule has 0 saturated carbocycles. The molecule has 1 aliphatic rings. The molecule has 1 aromatic heterocycles. The van der Waals surface area contributed by atoms with E-state index in [9.17, 15) is 0 Å². The van der Waals surface area contributed by atoms with Gasteiger partial charge in [0.2, 0.25) is 0 Å². The van der Waals surface area contributed by atoms with Crippen LogP contribution in [0.25, 0.3) is 0 Å². The molecule has 0 aliphatic carbocycles. The minimum Gasteiger partial charge on any atom is -0.378 e. The average Bonchev–Trinajstić information content (AvgIpc) is 2.68. The molecule has 0 bridgehead atoms. The Labute approximate surface area is 83.5 Å². The fraction of sp³-hybridized carbons (Fsp3) is 0.778. The van der Waals surface area contributed by atoms with Crippen LogP contribution in [0, 0.1) is 0 Å². The number of ether oxygens (including phenoxy) is 1. The zero-order chi connectivity index (χ0) is 9.80. The molecule has 2 heterocycles. The van der Waals surface area contributed by atoms with Gasteiger partial charge < -0.3 is 14.6 Å². The van der Waals surface area contributed by atoms with Crippen LogP contribution >= 0.6 is 0 Å². The van der Waals surface area contributed by atoms with E-state index >= 15 is 0 Å². The Kier molecular flexibility index (Phi) is 3.10.